The molecule has 1 aromatic rings. The number of rotatable bonds is 1. The Bertz CT molecular complexity index is 224. The molecule has 0 saturated carbocycles. The fourth-order valence-electron chi connectivity index (χ4n) is 0.582. The Kier molecular flexibility index (Phi) is 2.16. The van der Waals surface area contributed by atoms with E-state index in [1.165, 1.54) is 5.56 Å². The average Bonchev–Trinajstić information content (AvgIpc) is 2.13. The second-order valence-corrected chi connectivity index (χ2v) is 3.71. The van der Waals surface area contributed by atoms with Crippen LogP contribution in [0.25, 0.3) is 0 Å². The standard InChI is InChI=1S/C6H6S3/c1-4-2-3-9-5(4)6(7)8/h2-3H,1H3,(H,7,8)/p-1. The maximum absolute atomic E-state index is 4.83. The van der Waals surface area contributed by atoms with Gasteiger partial charge in [0.05, 0.1) is 0 Å². The average molecular weight is 173 g/mol. The third kappa shape index (κ3) is 1.47. The largest absolute Gasteiger partial charge is 0.427 e. The highest BCUT2D eigenvalue weighted by molar-refractivity contribution is 8.01. The second-order valence-electron chi connectivity index (χ2n) is 1.72. The Morgan fingerprint density at radius 3 is 2.67 bits per heavy atom. The Balaban J connectivity index is 3.08. The topological polar surface area (TPSA) is 0 Å². The van der Waals surface area contributed by atoms with Crippen LogP contribution in [0.15, 0.2) is 11.4 Å². The molecule has 0 N–H and O–H groups in total. The van der Waals surface area contributed by atoms with E-state index < -0.39 is 0 Å². The summed E-state index contributed by atoms with van der Waals surface area (Å²) in [5, 5.41) is 2.00. The van der Waals surface area contributed by atoms with Crippen molar-refractivity contribution < 1.29 is 0 Å². The van der Waals surface area contributed by atoms with Gasteiger partial charge in [0.1, 0.15) is 0 Å². The lowest BCUT2D eigenvalue weighted by atomic mass is 10.3. The van der Waals surface area contributed by atoms with Crippen molar-refractivity contribution in [2.75, 3.05) is 0 Å². The zero-order valence-corrected chi connectivity index (χ0v) is 7.33. The molecule has 1 rings (SSSR count). The highest BCUT2D eigenvalue weighted by Crippen LogP contribution is 2.15. The summed E-state index contributed by atoms with van der Waals surface area (Å²) < 4.78 is 0.586. The lowest BCUT2D eigenvalue weighted by Gasteiger charge is -2.00. The summed E-state index contributed by atoms with van der Waals surface area (Å²) in [5.41, 5.74) is 1.19. The van der Waals surface area contributed by atoms with Crippen LogP contribution in [-0.4, -0.2) is 4.20 Å². The zero-order valence-electron chi connectivity index (χ0n) is 4.88. The predicted molar refractivity (Wildman–Crippen MR) is 48.1 cm³/mol. The lowest BCUT2D eigenvalue weighted by Crippen LogP contribution is -1.87. The van der Waals surface area contributed by atoms with E-state index in [9.17, 15) is 0 Å². The highest BCUT2D eigenvalue weighted by Gasteiger charge is 1.93. The van der Waals surface area contributed by atoms with Crippen LogP contribution in [0, 0.1) is 6.92 Å². The van der Waals surface area contributed by atoms with Gasteiger partial charge < -0.3 is 24.8 Å². The Morgan fingerprint density at radius 2 is 2.44 bits per heavy atom. The van der Waals surface area contributed by atoms with Gasteiger partial charge in [-0.3, -0.25) is 0 Å². The molecule has 0 fully saturated rings. The van der Waals surface area contributed by atoms with Crippen molar-refractivity contribution in [3.63, 3.8) is 0 Å². The molecule has 48 valence electrons. The monoisotopic (exact) mass is 173 g/mol. The fourth-order valence-corrected chi connectivity index (χ4v) is 1.95. The summed E-state index contributed by atoms with van der Waals surface area (Å²) >= 11 is 11.3. The molecule has 0 nitrogen and oxygen atoms in total. The van der Waals surface area contributed by atoms with Crippen molar-refractivity contribution in [2.24, 2.45) is 0 Å². The van der Waals surface area contributed by atoms with Gasteiger partial charge in [0.2, 0.25) is 0 Å². The number of thiophene rings is 1. The molecule has 1 heterocycles. The van der Waals surface area contributed by atoms with E-state index in [4.69, 9.17) is 24.8 Å². The van der Waals surface area contributed by atoms with Crippen LogP contribution < -0.4 is 0 Å². The van der Waals surface area contributed by atoms with E-state index in [0.717, 1.165) is 4.88 Å². The second kappa shape index (κ2) is 2.73. The molecule has 0 atom stereocenters. The third-order valence-electron chi connectivity index (χ3n) is 1.05. The van der Waals surface area contributed by atoms with Crippen LogP contribution in [0.3, 0.4) is 0 Å². The molecular weight excluding hydrogens is 168 g/mol. The first kappa shape index (κ1) is 7.12. The van der Waals surface area contributed by atoms with Crippen LogP contribution in [0.5, 0.6) is 0 Å². The minimum absolute atomic E-state index is 0.586. The number of thiocarbonyl (C=S) groups is 1. The van der Waals surface area contributed by atoms with Crippen LogP contribution in [0.2, 0.25) is 0 Å². The first-order valence-corrected chi connectivity index (χ1v) is 4.17. The normalized spacial score (nSPS) is 9.44. The molecule has 0 spiro atoms. The molecule has 3 heteroatoms. The molecule has 0 aliphatic rings. The number of aryl methyl sites for hydroxylation is 1. The Labute approximate surface area is 69.3 Å². The van der Waals surface area contributed by atoms with Gasteiger partial charge in [0.15, 0.2) is 0 Å². The molecule has 0 aliphatic heterocycles. The molecule has 1 aromatic heterocycles. The van der Waals surface area contributed by atoms with E-state index in [1.54, 1.807) is 11.3 Å². The van der Waals surface area contributed by atoms with Crippen molar-refractivity contribution >= 4 is 40.4 Å². The van der Waals surface area contributed by atoms with Gasteiger partial charge >= 0.3 is 0 Å². The maximum atomic E-state index is 4.83. The zero-order chi connectivity index (χ0) is 6.85. The summed E-state index contributed by atoms with van der Waals surface area (Å²) in [4.78, 5) is 1.07. The molecule has 0 bridgehead atoms. The molecule has 0 unspecified atom stereocenters. The predicted octanol–water partition coefficient (Wildman–Crippen LogP) is 2.28. The van der Waals surface area contributed by atoms with Crippen molar-refractivity contribution in [1.29, 1.82) is 0 Å². The SMILES string of the molecule is Cc1ccsc1C(=S)[S-]. The smallest absolute Gasteiger partial charge is 0.0177 e. The van der Waals surface area contributed by atoms with Crippen molar-refractivity contribution in [1.82, 2.24) is 0 Å². The van der Waals surface area contributed by atoms with Crippen molar-refractivity contribution in [3.8, 4) is 0 Å². The molecule has 0 radical (unpaired) electrons. The summed E-state index contributed by atoms with van der Waals surface area (Å²) in [6, 6.07) is 2.03. The van der Waals surface area contributed by atoms with Gasteiger partial charge in [0, 0.05) is 4.88 Å². The highest BCUT2D eigenvalue weighted by atomic mass is 32.1. The van der Waals surface area contributed by atoms with Gasteiger partial charge in [-0.05, 0) is 23.9 Å². The number of hydrogen-bond acceptors (Lipinski definition) is 3. The van der Waals surface area contributed by atoms with E-state index in [2.05, 4.69) is 0 Å². The van der Waals surface area contributed by atoms with Crippen LogP contribution in [0.4, 0.5) is 0 Å². The number of hydrogen-bond donors (Lipinski definition) is 0. The molecule has 0 aliphatic carbocycles. The minimum atomic E-state index is 0.586. The quantitative estimate of drug-likeness (QED) is 0.472. The van der Waals surface area contributed by atoms with E-state index >= 15 is 0 Å². The summed E-state index contributed by atoms with van der Waals surface area (Å²) in [7, 11) is 0. The summed E-state index contributed by atoms with van der Waals surface area (Å²) in [6.07, 6.45) is 0. The van der Waals surface area contributed by atoms with Gasteiger partial charge in [-0.15, -0.1) is 15.5 Å². The van der Waals surface area contributed by atoms with Gasteiger partial charge in [-0.25, -0.2) is 0 Å². The Morgan fingerprint density at radius 1 is 1.78 bits per heavy atom. The summed E-state index contributed by atoms with van der Waals surface area (Å²) in [6.45, 7) is 2.02. The molecular formula is C6H5S3-. The maximum Gasteiger partial charge on any atom is 0.0177 e. The van der Waals surface area contributed by atoms with Gasteiger partial charge in [-0.1, -0.05) is 0 Å². The van der Waals surface area contributed by atoms with Crippen LogP contribution in [-0.2, 0) is 12.6 Å². The first-order chi connectivity index (χ1) is 4.22. The molecule has 0 amide bonds. The van der Waals surface area contributed by atoms with E-state index in [-0.39, 0.29) is 0 Å². The van der Waals surface area contributed by atoms with E-state index in [0.29, 0.717) is 4.20 Å². The van der Waals surface area contributed by atoms with Crippen molar-refractivity contribution in [3.05, 3.63) is 21.9 Å². The van der Waals surface area contributed by atoms with E-state index in [1.807, 2.05) is 18.4 Å². The summed E-state index contributed by atoms with van der Waals surface area (Å²) in [5.74, 6) is 0. The first-order valence-electron chi connectivity index (χ1n) is 2.47. The Hall–Kier alpha value is 0.01000. The molecule has 0 aromatic carbocycles. The molecule has 9 heavy (non-hydrogen) atoms. The van der Waals surface area contributed by atoms with Gasteiger partial charge in [-0.2, -0.15) is 0 Å². The molecule has 0 saturated heterocycles. The van der Waals surface area contributed by atoms with Crippen molar-refractivity contribution in [2.45, 2.75) is 6.92 Å². The van der Waals surface area contributed by atoms with Gasteiger partial charge in [0.25, 0.3) is 0 Å². The lowest BCUT2D eigenvalue weighted by molar-refractivity contribution is 1.55. The van der Waals surface area contributed by atoms with Crippen LogP contribution in [0.1, 0.15) is 10.4 Å². The fraction of sp³-hybridized carbons (Fsp3) is 0.167. The van der Waals surface area contributed by atoms with Crippen LogP contribution >= 0.6 is 23.6 Å². The minimum Gasteiger partial charge on any atom is -0.427 e. The third-order valence-corrected chi connectivity index (χ3v) is 2.75.